The number of hydrogen-bond donors (Lipinski definition) is 2. The van der Waals surface area contributed by atoms with Gasteiger partial charge < -0.3 is 11.1 Å². The van der Waals surface area contributed by atoms with E-state index in [4.69, 9.17) is 5.73 Å². The predicted molar refractivity (Wildman–Crippen MR) is 76.6 cm³/mol. The van der Waals surface area contributed by atoms with Gasteiger partial charge in [0.2, 0.25) is 5.91 Å². The van der Waals surface area contributed by atoms with Crippen molar-refractivity contribution in [3.63, 3.8) is 0 Å². The van der Waals surface area contributed by atoms with Gasteiger partial charge in [-0.1, -0.05) is 12.1 Å². The first-order chi connectivity index (χ1) is 9.47. The van der Waals surface area contributed by atoms with Crippen molar-refractivity contribution in [2.75, 3.05) is 13.6 Å². The molecule has 20 heavy (non-hydrogen) atoms. The number of carbonyl (C=O) groups is 1. The monoisotopic (exact) mass is 279 g/mol. The summed E-state index contributed by atoms with van der Waals surface area (Å²) in [5.74, 6) is -0.255. The molecule has 2 atom stereocenters. The van der Waals surface area contributed by atoms with Gasteiger partial charge in [0.25, 0.3) is 0 Å². The van der Waals surface area contributed by atoms with Crippen LogP contribution in [0.25, 0.3) is 0 Å². The summed E-state index contributed by atoms with van der Waals surface area (Å²) in [6.07, 6.45) is 2.15. The topological polar surface area (TPSA) is 58.4 Å². The Morgan fingerprint density at radius 3 is 2.55 bits per heavy atom. The molecule has 0 spiro atoms. The van der Waals surface area contributed by atoms with Gasteiger partial charge in [0.05, 0.1) is 6.54 Å². The third-order valence-electron chi connectivity index (χ3n) is 3.52. The van der Waals surface area contributed by atoms with Crippen LogP contribution < -0.4 is 11.1 Å². The average molecular weight is 279 g/mol. The van der Waals surface area contributed by atoms with Gasteiger partial charge in [0.1, 0.15) is 5.82 Å². The van der Waals surface area contributed by atoms with Gasteiger partial charge in [-0.25, -0.2) is 4.39 Å². The maximum atomic E-state index is 13.0. The lowest BCUT2D eigenvalue weighted by molar-refractivity contribution is -0.122. The normalized spacial score (nSPS) is 17.9. The Balaban J connectivity index is 2.02. The van der Waals surface area contributed by atoms with Crippen molar-refractivity contribution in [2.45, 2.75) is 37.9 Å². The summed E-state index contributed by atoms with van der Waals surface area (Å²) < 4.78 is 13.0. The lowest BCUT2D eigenvalue weighted by Gasteiger charge is -2.31. The smallest absolute Gasteiger partial charge is 0.234 e. The lowest BCUT2D eigenvalue weighted by atomic mass is 9.99. The summed E-state index contributed by atoms with van der Waals surface area (Å²) >= 11 is 0. The highest BCUT2D eigenvalue weighted by Crippen LogP contribution is 2.23. The van der Waals surface area contributed by atoms with Crippen molar-refractivity contribution in [2.24, 2.45) is 5.73 Å². The number of halogens is 1. The largest absolute Gasteiger partial charge is 0.352 e. The third kappa shape index (κ3) is 4.02. The van der Waals surface area contributed by atoms with Crippen LogP contribution in [0.5, 0.6) is 0 Å². The van der Waals surface area contributed by atoms with Crippen LogP contribution in [0.1, 0.15) is 31.4 Å². The van der Waals surface area contributed by atoms with Crippen LogP contribution >= 0.6 is 0 Å². The van der Waals surface area contributed by atoms with Gasteiger partial charge in [-0.05, 0) is 44.5 Å². The molecule has 1 aromatic carbocycles. The molecule has 0 bridgehead atoms. The standard InChI is InChI=1S/C15H22FN3O/c1-10(17)15(11-3-5-12(16)6-4-11)19(2)9-14(20)18-13-7-8-13/h3-6,10,13,15H,7-9,17H2,1-2H3,(H,18,20). The minimum Gasteiger partial charge on any atom is -0.352 e. The van der Waals surface area contributed by atoms with Gasteiger partial charge >= 0.3 is 0 Å². The fourth-order valence-electron chi connectivity index (χ4n) is 2.45. The fraction of sp³-hybridized carbons (Fsp3) is 0.533. The predicted octanol–water partition coefficient (Wildman–Crippen LogP) is 1.42. The maximum absolute atomic E-state index is 13.0. The third-order valence-corrected chi connectivity index (χ3v) is 3.52. The van der Waals surface area contributed by atoms with Gasteiger partial charge in [0, 0.05) is 18.1 Å². The number of nitrogens with zero attached hydrogens (tertiary/aromatic N) is 1. The number of benzene rings is 1. The van der Waals surface area contributed by atoms with Gasteiger partial charge in [-0.2, -0.15) is 0 Å². The Bertz CT molecular complexity index is 457. The highest BCUT2D eigenvalue weighted by Gasteiger charge is 2.26. The lowest BCUT2D eigenvalue weighted by Crippen LogP contribution is -2.43. The van der Waals surface area contributed by atoms with Crippen LogP contribution in [0, 0.1) is 5.82 Å². The van der Waals surface area contributed by atoms with Gasteiger partial charge in [-0.15, -0.1) is 0 Å². The molecule has 0 radical (unpaired) electrons. The van der Waals surface area contributed by atoms with Crippen molar-refractivity contribution in [3.8, 4) is 0 Å². The van der Waals surface area contributed by atoms with Crippen molar-refractivity contribution >= 4 is 5.91 Å². The van der Waals surface area contributed by atoms with E-state index in [1.807, 2.05) is 18.9 Å². The van der Waals surface area contributed by atoms with Crippen LogP contribution in [0.2, 0.25) is 0 Å². The van der Waals surface area contributed by atoms with E-state index in [1.165, 1.54) is 12.1 Å². The highest BCUT2D eigenvalue weighted by atomic mass is 19.1. The zero-order chi connectivity index (χ0) is 14.7. The molecule has 4 nitrogen and oxygen atoms in total. The van der Waals surface area contributed by atoms with Gasteiger partial charge in [0.15, 0.2) is 0 Å². The second-order valence-electron chi connectivity index (χ2n) is 5.61. The summed E-state index contributed by atoms with van der Waals surface area (Å²) in [4.78, 5) is 13.8. The molecule has 0 aromatic heterocycles. The highest BCUT2D eigenvalue weighted by molar-refractivity contribution is 5.78. The van der Waals surface area contributed by atoms with E-state index in [0.29, 0.717) is 12.6 Å². The van der Waals surface area contributed by atoms with Gasteiger partial charge in [-0.3, -0.25) is 9.69 Å². The zero-order valence-corrected chi connectivity index (χ0v) is 12.0. The second kappa shape index (κ2) is 6.33. The fourth-order valence-corrected chi connectivity index (χ4v) is 2.45. The van der Waals surface area contributed by atoms with E-state index in [-0.39, 0.29) is 23.8 Å². The molecular weight excluding hydrogens is 257 g/mol. The summed E-state index contributed by atoms with van der Waals surface area (Å²) in [5.41, 5.74) is 6.95. The number of rotatable bonds is 6. The number of carbonyl (C=O) groups excluding carboxylic acids is 1. The van der Waals surface area contributed by atoms with Crippen molar-refractivity contribution in [3.05, 3.63) is 35.6 Å². The molecule has 1 aromatic rings. The molecule has 2 unspecified atom stereocenters. The van der Waals surface area contributed by atoms with E-state index in [9.17, 15) is 9.18 Å². The minimum atomic E-state index is -0.272. The minimum absolute atomic E-state index is 0.0164. The van der Waals surface area contributed by atoms with E-state index < -0.39 is 0 Å². The molecule has 1 aliphatic carbocycles. The van der Waals surface area contributed by atoms with Crippen LogP contribution in [0.3, 0.4) is 0 Å². The molecule has 1 fully saturated rings. The summed E-state index contributed by atoms with van der Waals surface area (Å²) in [5, 5.41) is 2.96. The van der Waals surface area contributed by atoms with E-state index in [2.05, 4.69) is 5.32 Å². The van der Waals surface area contributed by atoms with E-state index in [0.717, 1.165) is 18.4 Å². The molecule has 0 aliphatic heterocycles. The molecule has 2 rings (SSSR count). The SMILES string of the molecule is CC(N)C(c1ccc(F)cc1)N(C)CC(=O)NC1CC1. The molecule has 1 saturated carbocycles. The van der Waals surface area contributed by atoms with Crippen molar-refractivity contribution in [1.29, 1.82) is 0 Å². The van der Waals surface area contributed by atoms with Crippen LogP contribution in [-0.2, 0) is 4.79 Å². The maximum Gasteiger partial charge on any atom is 0.234 e. The Hall–Kier alpha value is -1.46. The quantitative estimate of drug-likeness (QED) is 0.828. The zero-order valence-electron chi connectivity index (χ0n) is 12.0. The van der Waals surface area contributed by atoms with Crippen LogP contribution in [0.15, 0.2) is 24.3 Å². The average Bonchev–Trinajstić information content (AvgIpc) is 3.15. The summed E-state index contributed by atoms with van der Waals surface area (Å²) in [6, 6.07) is 6.37. The molecule has 1 amide bonds. The Labute approximate surface area is 119 Å². The first kappa shape index (κ1) is 14.9. The second-order valence-corrected chi connectivity index (χ2v) is 5.61. The Morgan fingerprint density at radius 2 is 2.05 bits per heavy atom. The van der Waals surface area contributed by atoms with Crippen molar-refractivity contribution < 1.29 is 9.18 Å². The number of amides is 1. The molecule has 1 aliphatic rings. The number of hydrogen-bond acceptors (Lipinski definition) is 3. The van der Waals surface area contributed by atoms with E-state index >= 15 is 0 Å². The Kier molecular flexibility index (Phi) is 4.73. The molecule has 110 valence electrons. The molecule has 0 saturated heterocycles. The van der Waals surface area contributed by atoms with Crippen LogP contribution in [-0.4, -0.2) is 36.5 Å². The first-order valence-corrected chi connectivity index (χ1v) is 6.98. The Morgan fingerprint density at radius 1 is 1.45 bits per heavy atom. The molecule has 5 heteroatoms. The van der Waals surface area contributed by atoms with Crippen LogP contribution in [0.4, 0.5) is 4.39 Å². The van der Waals surface area contributed by atoms with Crippen molar-refractivity contribution in [1.82, 2.24) is 10.2 Å². The number of likely N-dealkylation sites (N-methyl/N-ethyl adjacent to an activating group) is 1. The number of nitrogens with two attached hydrogens (primary N) is 1. The number of nitrogens with one attached hydrogen (secondary N) is 1. The molecule has 0 heterocycles. The summed E-state index contributed by atoms with van der Waals surface area (Å²) in [7, 11) is 1.86. The molecule has 3 N–H and O–H groups in total. The summed E-state index contributed by atoms with van der Waals surface area (Å²) in [6.45, 7) is 2.18. The van der Waals surface area contributed by atoms with E-state index in [1.54, 1.807) is 12.1 Å². The first-order valence-electron chi connectivity index (χ1n) is 6.98. The molecular formula is C15H22FN3O.